The van der Waals surface area contributed by atoms with E-state index in [2.05, 4.69) is 11.9 Å². The predicted octanol–water partition coefficient (Wildman–Crippen LogP) is 5.86. The number of phosphoric acid groups is 2. The summed E-state index contributed by atoms with van der Waals surface area (Å²) in [6, 6.07) is 7.89. The van der Waals surface area contributed by atoms with Crippen LogP contribution >= 0.6 is 15.6 Å². The Morgan fingerprint density at radius 1 is 0.776 bits per heavy atom. The third kappa shape index (κ3) is 13.8. The van der Waals surface area contributed by atoms with Gasteiger partial charge in [-0.1, -0.05) is 36.4 Å². The molecule has 1 aliphatic rings. The fraction of sp³-hybridized carbons (Fsp3) is 0.667. The highest BCUT2D eigenvalue weighted by Gasteiger charge is 2.56. The molecule has 2 rings (SSSR count). The molecule has 4 atom stereocenters. The molecule has 1 saturated heterocycles. The van der Waals surface area contributed by atoms with Crippen molar-refractivity contribution >= 4 is 33.3 Å². The topological polar surface area (TPSA) is 165 Å². The molecule has 1 aromatic carbocycles. The fourth-order valence-corrected chi connectivity index (χ4v) is 8.02. The minimum absolute atomic E-state index is 0.0151. The maximum atomic E-state index is 13.8. The van der Waals surface area contributed by atoms with E-state index in [0.717, 1.165) is 5.56 Å². The number of nitrogens with one attached hydrogen (secondary N) is 1. The summed E-state index contributed by atoms with van der Waals surface area (Å²) in [5.41, 5.74) is 0.904. The van der Waals surface area contributed by atoms with Crippen molar-refractivity contribution in [3.05, 3.63) is 48.6 Å². The molecule has 0 saturated carbocycles. The zero-order valence-corrected chi connectivity index (χ0v) is 31.2. The van der Waals surface area contributed by atoms with Gasteiger partial charge in [0.25, 0.3) is 0 Å². The highest BCUT2D eigenvalue weighted by Crippen LogP contribution is 2.50. The van der Waals surface area contributed by atoms with Crippen LogP contribution in [0.5, 0.6) is 0 Å². The van der Waals surface area contributed by atoms with E-state index in [-0.39, 0.29) is 58.6 Å². The molecule has 0 bridgehead atoms. The first kappa shape index (κ1) is 42.9. The van der Waals surface area contributed by atoms with Crippen molar-refractivity contribution in [1.82, 2.24) is 10.2 Å². The Morgan fingerprint density at radius 2 is 1.29 bits per heavy atom. The van der Waals surface area contributed by atoms with Gasteiger partial charge in [-0.25, -0.2) is 9.13 Å². The van der Waals surface area contributed by atoms with Gasteiger partial charge in [-0.15, -0.1) is 6.58 Å². The summed E-state index contributed by atoms with van der Waals surface area (Å²) < 4.78 is 61.9. The number of hydrogen-bond acceptors (Lipinski definition) is 13. The van der Waals surface area contributed by atoms with Gasteiger partial charge in [0.05, 0.1) is 64.1 Å². The molecule has 16 heteroatoms. The second-order valence-corrected chi connectivity index (χ2v) is 14.4. The molecule has 1 heterocycles. The number of hydrogen-bond donors (Lipinski definition) is 1. The number of ether oxygens (including phenoxy) is 1. The normalized spacial score (nSPS) is 19.9. The van der Waals surface area contributed by atoms with E-state index in [1.54, 1.807) is 33.8 Å². The molecular formula is C33H54N2O12P2. The van der Waals surface area contributed by atoms with Crippen molar-refractivity contribution in [3.8, 4) is 0 Å². The Hall–Kier alpha value is -2.25. The van der Waals surface area contributed by atoms with E-state index in [1.165, 1.54) is 6.92 Å². The smallest absolute Gasteiger partial charge is 0.465 e. The van der Waals surface area contributed by atoms with E-state index in [9.17, 15) is 23.5 Å². The fourth-order valence-electron chi connectivity index (χ4n) is 5.60. The summed E-state index contributed by atoms with van der Waals surface area (Å²) >= 11 is 0. The van der Waals surface area contributed by atoms with Crippen LogP contribution in [0.4, 0.5) is 0 Å². The number of benzene rings is 1. The lowest BCUT2D eigenvalue weighted by Gasteiger charge is -2.28. The number of likely N-dealkylation sites (tertiary alicyclic amines) is 1. The van der Waals surface area contributed by atoms with E-state index < -0.39 is 51.4 Å². The first-order valence-corrected chi connectivity index (χ1v) is 19.9. The molecule has 14 nitrogen and oxygen atoms in total. The van der Waals surface area contributed by atoms with Crippen LogP contribution in [0.3, 0.4) is 0 Å². The van der Waals surface area contributed by atoms with Crippen molar-refractivity contribution in [1.29, 1.82) is 0 Å². The Balaban J connectivity index is 2.12. The molecular weight excluding hydrogens is 678 g/mol. The van der Waals surface area contributed by atoms with E-state index in [4.69, 9.17) is 31.9 Å². The van der Waals surface area contributed by atoms with Crippen LogP contribution in [0.2, 0.25) is 0 Å². The van der Waals surface area contributed by atoms with Crippen molar-refractivity contribution in [2.24, 2.45) is 11.8 Å². The summed E-state index contributed by atoms with van der Waals surface area (Å²) in [6.45, 7) is 13.5. The molecule has 0 aromatic heterocycles. The first-order chi connectivity index (χ1) is 23.5. The molecule has 1 fully saturated rings. The lowest BCUT2D eigenvalue weighted by molar-refractivity contribution is -0.152. The average Bonchev–Trinajstić information content (AvgIpc) is 3.39. The molecule has 1 aromatic rings. The molecule has 49 heavy (non-hydrogen) atoms. The lowest BCUT2D eigenvalue weighted by atomic mass is 9.85. The number of phosphoric ester groups is 2. The van der Waals surface area contributed by atoms with Crippen molar-refractivity contribution in [3.63, 3.8) is 0 Å². The standard InChI is InChI=1S/C33H54N2O12P2/c1-7-28-29(33(38)41-22-17-18-24-47-49(40,44-10-4)45-11-5)30(31(26(6)36)35(28)25-27-19-13-12-14-20-27)32(37)34-21-15-16-23-46-48(39,42-8-2)43-9-3/h7,12-14,19-20,28-31H,1,8-11,15-18,21-25H2,2-6H3,(H,34,37). The number of carbonyl (C=O) groups is 3. The predicted molar refractivity (Wildman–Crippen MR) is 183 cm³/mol. The van der Waals surface area contributed by atoms with Gasteiger partial charge < -0.3 is 10.1 Å². The number of Topliss-reactive ketones (excluding diaryl/α,β-unsaturated/α-hetero) is 1. The summed E-state index contributed by atoms with van der Waals surface area (Å²) in [5, 5.41) is 2.88. The zero-order chi connectivity index (χ0) is 36.3. The Labute approximate surface area is 290 Å². The monoisotopic (exact) mass is 732 g/mol. The molecule has 1 N–H and O–H groups in total. The zero-order valence-electron chi connectivity index (χ0n) is 29.4. The largest absolute Gasteiger partial charge is 0.474 e. The maximum Gasteiger partial charge on any atom is 0.474 e. The van der Waals surface area contributed by atoms with Gasteiger partial charge in [-0.3, -0.25) is 46.4 Å². The van der Waals surface area contributed by atoms with Crippen LogP contribution in [-0.2, 0) is 61.9 Å². The lowest BCUT2D eigenvalue weighted by Crippen LogP contribution is -2.46. The molecule has 1 aliphatic heterocycles. The number of carbonyl (C=O) groups excluding carboxylic acids is 3. The number of unbranched alkanes of at least 4 members (excludes halogenated alkanes) is 2. The Bertz CT molecular complexity index is 1250. The third-order valence-corrected chi connectivity index (χ3v) is 10.9. The van der Waals surface area contributed by atoms with Crippen LogP contribution in [0.25, 0.3) is 0 Å². The molecule has 4 unspecified atom stereocenters. The summed E-state index contributed by atoms with van der Waals surface area (Å²) in [4.78, 5) is 42.5. The van der Waals surface area contributed by atoms with E-state index in [1.807, 2.05) is 35.2 Å². The van der Waals surface area contributed by atoms with Gasteiger partial charge in [-0.05, 0) is 65.9 Å². The van der Waals surface area contributed by atoms with E-state index >= 15 is 0 Å². The molecule has 0 spiro atoms. The molecule has 278 valence electrons. The van der Waals surface area contributed by atoms with Gasteiger partial charge in [0.2, 0.25) is 5.91 Å². The molecule has 0 radical (unpaired) electrons. The van der Waals surface area contributed by atoms with Crippen LogP contribution in [-0.4, -0.2) is 87.4 Å². The van der Waals surface area contributed by atoms with Crippen LogP contribution in [0, 0.1) is 11.8 Å². The van der Waals surface area contributed by atoms with Crippen LogP contribution in [0.15, 0.2) is 43.0 Å². The number of esters is 1. The Morgan fingerprint density at radius 3 is 1.78 bits per heavy atom. The summed E-state index contributed by atoms with van der Waals surface area (Å²) in [7, 11) is -7.29. The second-order valence-electron chi connectivity index (χ2n) is 11.1. The second kappa shape index (κ2) is 22.5. The van der Waals surface area contributed by atoms with Crippen LogP contribution in [0.1, 0.15) is 65.9 Å². The third-order valence-electron chi connectivity index (χ3n) is 7.58. The number of amides is 1. The maximum absolute atomic E-state index is 13.8. The first-order valence-electron chi connectivity index (χ1n) is 16.9. The number of rotatable bonds is 26. The highest BCUT2D eigenvalue weighted by atomic mass is 31.2. The number of ketones is 1. The minimum atomic E-state index is -3.65. The number of nitrogens with zero attached hydrogens (tertiary/aromatic N) is 1. The van der Waals surface area contributed by atoms with Gasteiger partial charge >= 0.3 is 21.6 Å². The van der Waals surface area contributed by atoms with Crippen LogP contribution < -0.4 is 5.32 Å². The quantitative estimate of drug-likeness (QED) is 0.0522. The minimum Gasteiger partial charge on any atom is -0.465 e. The van der Waals surface area contributed by atoms with Gasteiger partial charge in [-0.2, -0.15) is 0 Å². The van der Waals surface area contributed by atoms with E-state index in [0.29, 0.717) is 32.2 Å². The van der Waals surface area contributed by atoms with Gasteiger partial charge in [0.15, 0.2) is 0 Å². The summed E-state index contributed by atoms with van der Waals surface area (Å²) in [6.07, 6.45) is 3.29. The van der Waals surface area contributed by atoms with Crippen molar-refractivity contribution in [2.75, 3.05) is 52.8 Å². The summed E-state index contributed by atoms with van der Waals surface area (Å²) in [5.74, 6) is -3.40. The van der Waals surface area contributed by atoms with Crippen molar-refractivity contribution in [2.45, 2.75) is 78.9 Å². The SMILES string of the molecule is C=CC1C(C(=O)OCCCCOP(=O)(OCC)OCC)C(C(=O)NCCCCOP(=O)(OCC)OCC)C(C(C)=O)N1Cc1ccccc1. The Kier molecular flexibility index (Phi) is 19.7. The highest BCUT2D eigenvalue weighted by molar-refractivity contribution is 7.48. The van der Waals surface area contributed by atoms with Crippen molar-refractivity contribution < 1.29 is 55.4 Å². The average molecular weight is 733 g/mol. The molecule has 0 aliphatic carbocycles. The van der Waals surface area contributed by atoms with Gasteiger partial charge in [0.1, 0.15) is 5.78 Å². The van der Waals surface area contributed by atoms with Gasteiger partial charge in [0, 0.05) is 19.1 Å². The molecule has 1 amide bonds.